The van der Waals surface area contributed by atoms with Crippen LogP contribution in [0.4, 0.5) is 4.79 Å². The number of rotatable bonds is 17. The van der Waals surface area contributed by atoms with Crippen molar-refractivity contribution in [2.24, 2.45) is 23.2 Å². The molecule has 0 saturated carbocycles. The Balaban J connectivity index is 1.62. The first-order valence-electron chi connectivity index (χ1n) is 19.0. The van der Waals surface area contributed by atoms with Crippen molar-refractivity contribution in [2.45, 2.75) is 158 Å². The zero-order valence-corrected chi connectivity index (χ0v) is 32.7. The van der Waals surface area contributed by atoms with Gasteiger partial charge in [0, 0.05) is 17.4 Å². The van der Waals surface area contributed by atoms with Crippen LogP contribution in [0.2, 0.25) is 0 Å². The van der Waals surface area contributed by atoms with Gasteiger partial charge in [0.1, 0.15) is 23.1 Å². The van der Waals surface area contributed by atoms with Gasteiger partial charge in [-0.05, 0) is 94.4 Å². The van der Waals surface area contributed by atoms with E-state index in [-0.39, 0.29) is 11.8 Å². The van der Waals surface area contributed by atoms with E-state index in [1.807, 2.05) is 44.2 Å². The normalized spacial score (nSPS) is 17.9. The van der Waals surface area contributed by atoms with Crippen molar-refractivity contribution in [1.82, 2.24) is 5.32 Å². The number of fused-ring (bicyclic) bond motifs is 1. The number of hydrogen-bond acceptors (Lipinski definition) is 5. The van der Waals surface area contributed by atoms with Crippen LogP contribution >= 0.6 is 0 Å². The molecule has 1 heterocycles. The number of ether oxygens (including phenoxy) is 3. The van der Waals surface area contributed by atoms with E-state index in [1.54, 1.807) is 20.8 Å². The molecule has 3 rings (SSSR count). The summed E-state index contributed by atoms with van der Waals surface area (Å²) in [6.07, 6.45) is 12.3. The first-order chi connectivity index (χ1) is 23.0. The summed E-state index contributed by atoms with van der Waals surface area (Å²) in [5, 5.41) is 2.76. The van der Waals surface area contributed by atoms with Crippen LogP contribution in [0.25, 0.3) is 0 Å². The van der Waals surface area contributed by atoms with Crippen LogP contribution in [0.1, 0.15) is 141 Å². The molecule has 0 fully saturated rings. The van der Waals surface area contributed by atoms with E-state index < -0.39 is 23.7 Å². The highest BCUT2D eigenvalue weighted by Gasteiger charge is 2.35. The van der Waals surface area contributed by atoms with E-state index in [1.165, 1.54) is 56.9 Å². The molecule has 1 N–H and O–H groups in total. The van der Waals surface area contributed by atoms with Crippen LogP contribution < -0.4 is 14.8 Å². The van der Waals surface area contributed by atoms with Gasteiger partial charge >= 0.3 is 12.1 Å². The topological polar surface area (TPSA) is 73.9 Å². The van der Waals surface area contributed by atoms with Gasteiger partial charge in [0.15, 0.2) is 0 Å². The van der Waals surface area contributed by atoms with E-state index in [9.17, 15) is 9.59 Å². The molecule has 274 valence electrons. The van der Waals surface area contributed by atoms with E-state index in [4.69, 9.17) is 14.2 Å². The van der Waals surface area contributed by atoms with Gasteiger partial charge in [-0.3, -0.25) is 0 Å². The molecular weight excluding hydrogens is 610 g/mol. The highest BCUT2D eigenvalue weighted by Crippen LogP contribution is 2.46. The smallest absolute Gasteiger partial charge is 0.408 e. The lowest BCUT2D eigenvalue weighted by atomic mass is 9.75. The molecule has 4 atom stereocenters. The van der Waals surface area contributed by atoms with Crippen LogP contribution in [0.3, 0.4) is 0 Å². The van der Waals surface area contributed by atoms with Crippen molar-refractivity contribution in [1.29, 1.82) is 0 Å². The molecule has 49 heavy (non-hydrogen) atoms. The highest BCUT2D eigenvalue weighted by atomic mass is 16.6. The van der Waals surface area contributed by atoms with Crippen molar-refractivity contribution in [3.8, 4) is 11.5 Å². The van der Waals surface area contributed by atoms with E-state index in [0.29, 0.717) is 12.4 Å². The average Bonchev–Trinajstić information content (AvgIpc) is 3.01. The second-order valence-corrected chi connectivity index (χ2v) is 17.0. The molecule has 1 amide bonds. The summed E-state index contributed by atoms with van der Waals surface area (Å²) in [4.78, 5) is 26.4. The standard InChI is InChI=1S/C43H67NO5/c1-29(2)18-15-19-30(3)20-16-21-31(4)22-17-25-43(11)27-36-32(5)33(6)38(34(7)39(36)47-28-43)48-40(45)37(26-35-23-13-12-14-24-35)44-41(46)49-42(8,9)10/h12-14,23-24,29-31,37H,15-22,25-28H2,1-11H3,(H,44,46)/t30?,31?,37-,43?/m1/s1. The number of benzene rings is 2. The number of carbonyl (C=O) groups is 2. The van der Waals surface area contributed by atoms with Crippen LogP contribution in [0, 0.1) is 43.9 Å². The van der Waals surface area contributed by atoms with E-state index in [2.05, 4.69) is 46.9 Å². The molecule has 0 saturated heterocycles. The second kappa shape index (κ2) is 18.3. The molecule has 3 unspecified atom stereocenters. The summed E-state index contributed by atoms with van der Waals surface area (Å²) in [6.45, 7) is 24.0. The van der Waals surface area contributed by atoms with E-state index >= 15 is 0 Å². The Morgan fingerprint density at radius 1 is 0.857 bits per heavy atom. The minimum Gasteiger partial charge on any atom is -0.492 e. The predicted molar refractivity (Wildman–Crippen MR) is 202 cm³/mol. The molecule has 2 aromatic rings. The van der Waals surface area contributed by atoms with Crippen LogP contribution in [-0.2, 0) is 22.4 Å². The van der Waals surface area contributed by atoms with Crippen molar-refractivity contribution in [3.63, 3.8) is 0 Å². The molecule has 0 bridgehead atoms. The third-order valence-corrected chi connectivity index (χ3v) is 10.3. The van der Waals surface area contributed by atoms with Crippen molar-refractivity contribution in [3.05, 3.63) is 58.1 Å². The minimum atomic E-state index is -0.919. The largest absolute Gasteiger partial charge is 0.492 e. The molecule has 0 radical (unpaired) electrons. The SMILES string of the molecule is Cc1c(C)c(OC(=O)[C@@H](Cc2ccccc2)NC(=O)OC(C)(C)C)c(C)c2c1CC(C)(CCCC(C)CCCC(C)CCCC(C)C)CO2. The number of esters is 1. The first kappa shape index (κ1) is 40.4. The Morgan fingerprint density at radius 3 is 2.04 bits per heavy atom. The van der Waals surface area contributed by atoms with Crippen LogP contribution in [-0.4, -0.2) is 30.3 Å². The number of alkyl carbamates (subject to hydrolysis) is 1. The van der Waals surface area contributed by atoms with Gasteiger partial charge in [0.25, 0.3) is 0 Å². The molecule has 2 aromatic carbocycles. The maximum atomic E-state index is 13.7. The molecule has 0 spiro atoms. The summed E-state index contributed by atoms with van der Waals surface area (Å²) >= 11 is 0. The molecule has 1 aliphatic heterocycles. The molecule has 6 nitrogen and oxygen atoms in total. The first-order valence-corrected chi connectivity index (χ1v) is 19.0. The Labute approximate surface area is 298 Å². The zero-order valence-electron chi connectivity index (χ0n) is 32.7. The Hall–Kier alpha value is -3.02. The Bertz CT molecular complexity index is 1360. The van der Waals surface area contributed by atoms with Gasteiger partial charge in [-0.25, -0.2) is 9.59 Å². The maximum absolute atomic E-state index is 13.7. The lowest BCUT2D eigenvalue weighted by Gasteiger charge is -2.37. The fourth-order valence-corrected chi connectivity index (χ4v) is 7.14. The highest BCUT2D eigenvalue weighted by molar-refractivity contribution is 5.84. The summed E-state index contributed by atoms with van der Waals surface area (Å²) in [7, 11) is 0. The summed E-state index contributed by atoms with van der Waals surface area (Å²) in [5.74, 6) is 3.22. The summed E-state index contributed by atoms with van der Waals surface area (Å²) < 4.78 is 18.1. The number of hydrogen-bond donors (Lipinski definition) is 1. The van der Waals surface area contributed by atoms with Crippen molar-refractivity contribution in [2.75, 3.05) is 6.61 Å². The summed E-state index contributed by atoms with van der Waals surface area (Å²) in [6, 6.07) is 8.69. The van der Waals surface area contributed by atoms with Gasteiger partial charge < -0.3 is 19.5 Å². The van der Waals surface area contributed by atoms with Crippen LogP contribution in [0.5, 0.6) is 11.5 Å². The second-order valence-electron chi connectivity index (χ2n) is 17.0. The molecular formula is C43H67NO5. The number of nitrogens with one attached hydrogen (secondary N) is 1. The van der Waals surface area contributed by atoms with Crippen molar-refractivity contribution < 1.29 is 23.8 Å². The zero-order chi connectivity index (χ0) is 36.4. The fraction of sp³-hybridized carbons (Fsp3) is 0.674. The van der Waals surface area contributed by atoms with Gasteiger partial charge in [-0.2, -0.15) is 0 Å². The Kier molecular flexibility index (Phi) is 15.1. The Morgan fingerprint density at radius 2 is 1.45 bits per heavy atom. The number of carbonyl (C=O) groups excluding carboxylic acids is 2. The fourth-order valence-electron chi connectivity index (χ4n) is 7.14. The van der Waals surface area contributed by atoms with Gasteiger partial charge in [0.2, 0.25) is 0 Å². The molecule has 0 aromatic heterocycles. The lowest BCUT2D eigenvalue weighted by molar-refractivity contribution is -0.136. The molecule has 6 heteroatoms. The van der Waals surface area contributed by atoms with Gasteiger partial charge in [-0.15, -0.1) is 0 Å². The lowest BCUT2D eigenvalue weighted by Crippen LogP contribution is -2.46. The molecule has 1 aliphatic rings. The van der Waals surface area contributed by atoms with E-state index in [0.717, 1.165) is 58.6 Å². The molecule has 0 aliphatic carbocycles. The third-order valence-electron chi connectivity index (χ3n) is 10.3. The third kappa shape index (κ3) is 13.0. The summed E-state index contributed by atoms with van der Waals surface area (Å²) in [5.41, 5.74) is 4.37. The maximum Gasteiger partial charge on any atom is 0.408 e. The monoisotopic (exact) mass is 678 g/mol. The minimum absolute atomic E-state index is 0.0671. The van der Waals surface area contributed by atoms with Crippen LogP contribution in [0.15, 0.2) is 30.3 Å². The van der Waals surface area contributed by atoms with Gasteiger partial charge in [0.05, 0.1) is 6.61 Å². The van der Waals surface area contributed by atoms with Crippen molar-refractivity contribution >= 4 is 12.1 Å². The number of amides is 1. The van der Waals surface area contributed by atoms with Gasteiger partial charge in [-0.1, -0.05) is 116 Å². The quantitative estimate of drug-likeness (QED) is 0.133. The predicted octanol–water partition coefficient (Wildman–Crippen LogP) is 11.0. The average molecular weight is 678 g/mol.